The van der Waals surface area contributed by atoms with Crippen molar-refractivity contribution in [2.45, 2.75) is 20.0 Å². The molecule has 0 saturated heterocycles. The Hall–Kier alpha value is -1.35. The van der Waals surface area contributed by atoms with Gasteiger partial charge in [0.25, 0.3) is 0 Å². The quantitative estimate of drug-likeness (QED) is 0.752. The molecular weight excluding hydrogens is 176 g/mol. The molecule has 0 unspecified atom stereocenters. The summed E-state index contributed by atoms with van der Waals surface area (Å²) in [6, 6.07) is 6.15. The number of hydrogen-bond acceptors (Lipinski definition) is 2. The molecule has 0 bridgehead atoms. The van der Waals surface area contributed by atoms with Gasteiger partial charge in [0.05, 0.1) is 24.0 Å². The monoisotopic (exact) mass is 190 g/mol. The van der Waals surface area contributed by atoms with E-state index in [2.05, 4.69) is 29.0 Å². The summed E-state index contributed by atoms with van der Waals surface area (Å²) in [5, 5.41) is 0. The molecule has 0 saturated carbocycles. The van der Waals surface area contributed by atoms with Gasteiger partial charge < -0.3 is 9.72 Å². The van der Waals surface area contributed by atoms with E-state index in [1.807, 2.05) is 6.07 Å². The van der Waals surface area contributed by atoms with Crippen molar-refractivity contribution in [3.05, 3.63) is 30.1 Å². The second kappa shape index (κ2) is 4.24. The smallest absolute Gasteiger partial charge is 0.0931 e. The van der Waals surface area contributed by atoms with E-state index >= 15 is 0 Å². The van der Waals surface area contributed by atoms with E-state index in [1.165, 1.54) is 5.56 Å². The lowest BCUT2D eigenvalue weighted by atomic mass is 10.2. The molecule has 0 spiro atoms. The minimum absolute atomic E-state index is 0.683. The minimum Gasteiger partial charge on any atom is -0.377 e. The van der Waals surface area contributed by atoms with E-state index in [9.17, 15) is 0 Å². The number of imidazole rings is 1. The zero-order valence-corrected chi connectivity index (χ0v) is 8.29. The molecule has 3 nitrogen and oxygen atoms in total. The van der Waals surface area contributed by atoms with Crippen LogP contribution in [0.5, 0.6) is 0 Å². The fourth-order valence-corrected chi connectivity index (χ4v) is 1.41. The van der Waals surface area contributed by atoms with Crippen molar-refractivity contribution in [2.24, 2.45) is 0 Å². The van der Waals surface area contributed by atoms with Crippen LogP contribution in [0.2, 0.25) is 0 Å². The Morgan fingerprint density at radius 1 is 1.43 bits per heavy atom. The third-order valence-electron chi connectivity index (χ3n) is 2.10. The molecule has 0 fully saturated rings. The number of hydrogen-bond donors (Lipinski definition) is 1. The first-order chi connectivity index (χ1) is 6.90. The van der Waals surface area contributed by atoms with Crippen LogP contribution in [0.3, 0.4) is 0 Å². The number of nitrogens with zero attached hydrogens (tertiary/aromatic N) is 1. The van der Waals surface area contributed by atoms with Gasteiger partial charge >= 0.3 is 0 Å². The van der Waals surface area contributed by atoms with Crippen LogP contribution >= 0.6 is 0 Å². The van der Waals surface area contributed by atoms with E-state index < -0.39 is 0 Å². The Morgan fingerprint density at radius 2 is 2.36 bits per heavy atom. The molecule has 1 N–H and O–H groups in total. The summed E-state index contributed by atoms with van der Waals surface area (Å²) in [4.78, 5) is 7.24. The SMILES string of the molecule is CCCOCc1ccc2nc[nH]c2c1. The lowest BCUT2D eigenvalue weighted by Gasteiger charge is -2.02. The maximum atomic E-state index is 5.46. The van der Waals surface area contributed by atoms with Gasteiger partial charge in [-0.25, -0.2) is 4.98 Å². The van der Waals surface area contributed by atoms with Crippen LogP contribution in [0.1, 0.15) is 18.9 Å². The molecule has 74 valence electrons. The number of aromatic nitrogens is 2. The highest BCUT2D eigenvalue weighted by Crippen LogP contribution is 2.12. The molecular formula is C11H14N2O. The maximum absolute atomic E-state index is 5.46. The van der Waals surface area contributed by atoms with Crippen LogP contribution in [0.25, 0.3) is 11.0 Å². The molecule has 0 aliphatic carbocycles. The zero-order chi connectivity index (χ0) is 9.80. The Balaban J connectivity index is 2.10. The summed E-state index contributed by atoms with van der Waals surface area (Å²) in [6.45, 7) is 3.61. The van der Waals surface area contributed by atoms with E-state index in [-0.39, 0.29) is 0 Å². The highest BCUT2D eigenvalue weighted by Gasteiger charge is 1.97. The number of benzene rings is 1. The minimum atomic E-state index is 0.683. The molecule has 1 heterocycles. The summed E-state index contributed by atoms with van der Waals surface area (Å²) in [6.07, 6.45) is 2.77. The highest BCUT2D eigenvalue weighted by atomic mass is 16.5. The normalized spacial score (nSPS) is 10.9. The van der Waals surface area contributed by atoms with Gasteiger partial charge in [0, 0.05) is 6.61 Å². The Morgan fingerprint density at radius 3 is 3.21 bits per heavy atom. The first kappa shape index (κ1) is 9.21. The van der Waals surface area contributed by atoms with E-state index in [1.54, 1.807) is 6.33 Å². The summed E-state index contributed by atoms with van der Waals surface area (Å²) in [5.41, 5.74) is 3.27. The molecule has 2 rings (SSSR count). The van der Waals surface area contributed by atoms with Crippen molar-refractivity contribution in [3.8, 4) is 0 Å². The van der Waals surface area contributed by atoms with Gasteiger partial charge in [-0.1, -0.05) is 13.0 Å². The summed E-state index contributed by atoms with van der Waals surface area (Å²) in [7, 11) is 0. The van der Waals surface area contributed by atoms with Crippen LogP contribution in [0.15, 0.2) is 24.5 Å². The standard InChI is InChI=1S/C11H14N2O/c1-2-5-14-7-9-3-4-10-11(6-9)13-8-12-10/h3-4,6,8H,2,5,7H2,1H3,(H,12,13). The second-order valence-corrected chi connectivity index (χ2v) is 3.31. The van der Waals surface area contributed by atoms with Crippen molar-refractivity contribution in [3.63, 3.8) is 0 Å². The van der Waals surface area contributed by atoms with Crippen molar-refractivity contribution in [1.29, 1.82) is 0 Å². The second-order valence-electron chi connectivity index (χ2n) is 3.31. The topological polar surface area (TPSA) is 37.9 Å². The van der Waals surface area contributed by atoms with E-state index in [0.717, 1.165) is 24.1 Å². The molecule has 3 heteroatoms. The molecule has 0 amide bonds. The Labute approximate surface area is 83.1 Å². The van der Waals surface area contributed by atoms with Gasteiger partial charge in [-0.15, -0.1) is 0 Å². The number of ether oxygens (including phenoxy) is 1. The average Bonchev–Trinajstić information content (AvgIpc) is 2.65. The molecule has 1 aromatic carbocycles. The largest absolute Gasteiger partial charge is 0.377 e. The third kappa shape index (κ3) is 1.93. The van der Waals surface area contributed by atoms with Crippen molar-refractivity contribution in [1.82, 2.24) is 9.97 Å². The van der Waals surface area contributed by atoms with Crippen molar-refractivity contribution >= 4 is 11.0 Å². The predicted molar refractivity (Wildman–Crippen MR) is 56.0 cm³/mol. The van der Waals surface area contributed by atoms with Crippen molar-refractivity contribution in [2.75, 3.05) is 6.61 Å². The van der Waals surface area contributed by atoms with E-state index in [4.69, 9.17) is 4.74 Å². The van der Waals surface area contributed by atoms with Gasteiger partial charge in [0.1, 0.15) is 0 Å². The summed E-state index contributed by atoms with van der Waals surface area (Å²) in [5.74, 6) is 0. The van der Waals surface area contributed by atoms with Gasteiger partial charge in [0.15, 0.2) is 0 Å². The van der Waals surface area contributed by atoms with Crippen LogP contribution in [0.4, 0.5) is 0 Å². The fourth-order valence-electron chi connectivity index (χ4n) is 1.41. The van der Waals surface area contributed by atoms with E-state index in [0.29, 0.717) is 6.61 Å². The average molecular weight is 190 g/mol. The third-order valence-corrected chi connectivity index (χ3v) is 2.10. The number of fused-ring (bicyclic) bond motifs is 1. The highest BCUT2D eigenvalue weighted by molar-refractivity contribution is 5.74. The van der Waals surface area contributed by atoms with Crippen LogP contribution < -0.4 is 0 Å². The Bertz CT molecular complexity index is 408. The number of aromatic amines is 1. The molecule has 14 heavy (non-hydrogen) atoms. The van der Waals surface area contributed by atoms with Gasteiger partial charge in [-0.2, -0.15) is 0 Å². The summed E-state index contributed by atoms with van der Waals surface area (Å²) >= 11 is 0. The molecule has 1 aromatic heterocycles. The lowest BCUT2D eigenvalue weighted by molar-refractivity contribution is 0.121. The van der Waals surface area contributed by atoms with Gasteiger partial charge in [-0.3, -0.25) is 0 Å². The lowest BCUT2D eigenvalue weighted by Crippen LogP contribution is -1.93. The fraction of sp³-hybridized carbons (Fsp3) is 0.364. The number of nitrogens with one attached hydrogen (secondary N) is 1. The molecule has 0 aliphatic heterocycles. The molecule has 2 aromatic rings. The maximum Gasteiger partial charge on any atom is 0.0931 e. The predicted octanol–water partition coefficient (Wildman–Crippen LogP) is 2.49. The van der Waals surface area contributed by atoms with Crippen LogP contribution in [-0.2, 0) is 11.3 Å². The summed E-state index contributed by atoms with van der Waals surface area (Å²) < 4.78 is 5.46. The zero-order valence-electron chi connectivity index (χ0n) is 8.29. The van der Waals surface area contributed by atoms with Crippen molar-refractivity contribution < 1.29 is 4.74 Å². The molecule has 0 radical (unpaired) electrons. The number of rotatable bonds is 4. The first-order valence-electron chi connectivity index (χ1n) is 4.90. The van der Waals surface area contributed by atoms with Crippen LogP contribution in [0, 0.1) is 0 Å². The Kier molecular flexibility index (Phi) is 2.79. The van der Waals surface area contributed by atoms with Gasteiger partial charge in [0.2, 0.25) is 0 Å². The van der Waals surface area contributed by atoms with Crippen LogP contribution in [-0.4, -0.2) is 16.6 Å². The molecule has 0 atom stereocenters. The van der Waals surface area contributed by atoms with Gasteiger partial charge in [-0.05, 0) is 24.1 Å². The molecule has 0 aliphatic rings. The first-order valence-corrected chi connectivity index (χ1v) is 4.90. The number of H-pyrrole nitrogens is 1.